The highest BCUT2D eigenvalue weighted by Crippen LogP contribution is 2.23. The molecule has 0 aromatic carbocycles. The molecule has 0 unspecified atom stereocenters. The Kier molecular flexibility index (Phi) is 5.34. The maximum atomic E-state index is 8.43. The number of rotatable bonds is 3. The van der Waals surface area contributed by atoms with E-state index in [2.05, 4.69) is 43.3 Å². The SMILES string of the molecule is C/C(NC1CCN(C)CC1)=C1\C=CC(C2=NC[C@@H](C)CC2)=CC1=N. The molecule has 1 aliphatic carbocycles. The summed E-state index contributed by atoms with van der Waals surface area (Å²) in [5.41, 5.74) is 5.05. The van der Waals surface area contributed by atoms with Crippen LogP contribution in [-0.4, -0.2) is 49.0 Å². The molecule has 0 radical (unpaired) electrons. The van der Waals surface area contributed by atoms with Gasteiger partial charge in [-0.3, -0.25) is 4.99 Å². The Bertz CT molecular complexity index is 616. The summed E-state index contributed by atoms with van der Waals surface area (Å²) < 4.78 is 0. The van der Waals surface area contributed by atoms with Gasteiger partial charge in [0.05, 0.1) is 5.71 Å². The molecule has 3 aliphatic rings. The molecule has 4 nitrogen and oxygen atoms in total. The lowest BCUT2D eigenvalue weighted by Crippen LogP contribution is -2.40. The number of piperidine rings is 1. The molecule has 0 saturated carbocycles. The lowest BCUT2D eigenvalue weighted by molar-refractivity contribution is 0.241. The number of hydrogen-bond acceptors (Lipinski definition) is 4. The third-order valence-electron chi connectivity index (χ3n) is 5.36. The van der Waals surface area contributed by atoms with Crippen molar-refractivity contribution in [3.05, 3.63) is 35.1 Å². The van der Waals surface area contributed by atoms with Gasteiger partial charge in [-0.1, -0.05) is 19.1 Å². The van der Waals surface area contributed by atoms with Crippen LogP contribution in [0.15, 0.2) is 40.1 Å². The van der Waals surface area contributed by atoms with Crippen molar-refractivity contribution < 1.29 is 0 Å². The maximum absolute atomic E-state index is 8.43. The molecule has 2 aliphatic heterocycles. The Morgan fingerprint density at radius 1 is 1.25 bits per heavy atom. The first kappa shape index (κ1) is 17.2. The van der Waals surface area contributed by atoms with Crippen LogP contribution in [0.3, 0.4) is 0 Å². The van der Waals surface area contributed by atoms with E-state index in [0.717, 1.165) is 42.9 Å². The summed E-state index contributed by atoms with van der Waals surface area (Å²) >= 11 is 0. The molecule has 0 spiro atoms. The Hall–Kier alpha value is -1.68. The molecule has 2 heterocycles. The van der Waals surface area contributed by atoms with Crippen LogP contribution in [0.4, 0.5) is 0 Å². The van der Waals surface area contributed by atoms with Crippen molar-refractivity contribution in [2.24, 2.45) is 10.9 Å². The molecule has 0 bridgehead atoms. The van der Waals surface area contributed by atoms with Gasteiger partial charge in [0.2, 0.25) is 0 Å². The Morgan fingerprint density at radius 2 is 2.00 bits per heavy atom. The molecule has 1 saturated heterocycles. The Labute approximate surface area is 145 Å². The van der Waals surface area contributed by atoms with E-state index in [9.17, 15) is 0 Å². The minimum Gasteiger partial charge on any atom is -0.385 e. The van der Waals surface area contributed by atoms with Crippen molar-refractivity contribution in [3.63, 3.8) is 0 Å². The van der Waals surface area contributed by atoms with Crippen molar-refractivity contribution in [1.82, 2.24) is 10.2 Å². The summed E-state index contributed by atoms with van der Waals surface area (Å²) in [6, 6.07) is 0.532. The van der Waals surface area contributed by atoms with Crippen LogP contribution in [0.25, 0.3) is 0 Å². The summed E-state index contributed by atoms with van der Waals surface area (Å²) in [6.45, 7) is 7.58. The number of hydrogen-bond donors (Lipinski definition) is 2. The van der Waals surface area contributed by atoms with Crippen LogP contribution in [-0.2, 0) is 0 Å². The summed E-state index contributed by atoms with van der Waals surface area (Å²) in [5, 5.41) is 12.1. The zero-order valence-electron chi connectivity index (χ0n) is 15.2. The van der Waals surface area contributed by atoms with E-state index in [0.29, 0.717) is 17.7 Å². The van der Waals surface area contributed by atoms with Gasteiger partial charge in [-0.15, -0.1) is 0 Å². The topological polar surface area (TPSA) is 51.5 Å². The Morgan fingerprint density at radius 3 is 2.62 bits per heavy atom. The zero-order valence-corrected chi connectivity index (χ0v) is 15.2. The molecule has 0 aromatic rings. The largest absolute Gasteiger partial charge is 0.385 e. The van der Waals surface area contributed by atoms with Crippen LogP contribution in [0.2, 0.25) is 0 Å². The normalized spacial score (nSPS) is 28.5. The predicted molar refractivity (Wildman–Crippen MR) is 102 cm³/mol. The van der Waals surface area contributed by atoms with Crippen molar-refractivity contribution in [1.29, 1.82) is 5.41 Å². The number of likely N-dealkylation sites (tertiary alicyclic amines) is 1. The van der Waals surface area contributed by atoms with Gasteiger partial charge in [-0.25, -0.2) is 0 Å². The highest BCUT2D eigenvalue weighted by atomic mass is 15.1. The summed E-state index contributed by atoms with van der Waals surface area (Å²) in [6.07, 6.45) is 10.8. The number of aliphatic imine (C=N–C) groups is 1. The minimum atomic E-state index is 0.532. The molecule has 4 heteroatoms. The van der Waals surface area contributed by atoms with Gasteiger partial charge in [0.15, 0.2) is 0 Å². The van der Waals surface area contributed by atoms with Gasteiger partial charge in [-0.05, 0) is 70.3 Å². The Balaban J connectivity index is 1.66. The average molecular weight is 326 g/mol. The van der Waals surface area contributed by atoms with Gasteiger partial charge >= 0.3 is 0 Å². The van der Waals surface area contributed by atoms with Gasteiger partial charge in [0.25, 0.3) is 0 Å². The molecule has 0 amide bonds. The number of nitrogens with zero attached hydrogens (tertiary/aromatic N) is 2. The van der Waals surface area contributed by atoms with Crippen LogP contribution in [0, 0.1) is 11.3 Å². The third kappa shape index (κ3) is 4.04. The minimum absolute atomic E-state index is 0.532. The first-order chi connectivity index (χ1) is 11.5. The molecule has 2 N–H and O–H groups in total. The lowest BCUT2D eigenvalue weighted by Gasteiger charge is -2.31. The highest BCUT2D eigenvalue weighted by Gasteiger charge is 2.20. The summed E-state index contributed by atoms with van der Waals surface area (Å²) in [4.78, 5) is 7.08. The van der Waals surface area contributed by atoms with Gasteiger partial charge in [0.1, 0.15) is 0 Å². The molecular weight excluding hydrogens is 296 g/mol. The number of allylic oxidation sites excluding steroid dienone is 6. The van der Waals surface area contributed by atoms with Crippen molar-refractivity contribution in [2.75, 3.05) is 26.7 Å². The van der Waals surface area contributed by atoms with E-state index >= 15 is 0 Å². The van der Waals surface area contributed by atoms with Gasteiger partial charge in [0, 0.05) is 29.6 Å². The first-order valence-corrected chi connectivity index (χ1v) is 9.21. The number of nitrogens with one attached hydrogen (secondary N) is 2. The van der Waals surface area contributed by atoms with Crippen molar-refractivity contribution >= 4 is 11.4 Å². The standard InChI is InChI=1S/C20H30N4/c1-14-4-7-20(22-13-14)16-5-6-18(19(21)12-16)15(2)23-17-8-10-24(3)11-9-17/h5-6,12,14,17,21,23H,4,7-11,13H2,1-3H3/b18-15-,21-19?/t14-/m0/s1. The fourth-order valence-electron chi connectivity index (χ4n) is 3.64. The van der Waals surface area contributed by atoms with E-state index in [1.807, 2.05) is 6.08 Å². The van der Waals surface area contributed by atoms with Crippen molar-refractivity contribution in [2.45, 2.75) is 45.6 Å². The van der Waals surface area contributed by atoms with E-state index in [4.69, 9.17) is 10.4 Å². The molecule has 0 aromatic heterocycles. The average Bonchev–Trinajstić information content (AvgIpc) is 2.57. The quantitative estimate of drug-likeness (QED) is 0.836. The van der Waals surface area contributed by atoms with E-state index in [1.54, 1.807) is 0 Å². The zero-order chi connectivity index (χ0) is 17.1. The second-order valence-corrected chi connectivity index (χ2v) is 7.54. The summed E-state index contributed by atoms with van der Waals surface area (Å²) in [7, 11) is 2.18. The van der Waals surface area contributed by atoms with Crippen LogP contribution in [0.1, 0.15) is 39.5 Å². The second kappa shape index (κ2) is 7.47. The van der Waals surface area contributed by atoms with Gasteiger partial charge in [-0.2, -0.15) is 0 Å². The molecule has 130 valence electrons. The fraction of sp³-hybridized carbons (Fsp3) is 0.600. The molecule has 3 rings (SSSR count). The lowest BCUT2D eigenvalue weighted by atomic mass is 9.90. The highest BCUT2D eigenvalue weighted by molar-refractivity contribution is 6.17. The van der Waals surface area contributed by atoms with Crippen LogP contribution >= 0.6 is 0 Å². The molecule has 1 fully saturated rings. The molecular formula is C20H30N4. The van der Waals surface area contributed by atoms with E-state index < -0.39 is 0 Å². The predicted octanol–water partition coefficient (Wildman–Crippen LogP) is 3.33. The maximum Gasteiger partial charge on any atom is 0.0636 e. The smallest absolute Gasteiger partial charge is 0.0636 e. The summed E-state index contributed by atoms with van der Waals surface area (Å²) in [5.74, 6) is 0.692. The first-order valence-electron chi connectivity index (χ1n) is 9.21. The fourth-order valence-corrected chi connectivity index (χ4v) is 3.64. The second-order valence-electron chi connectivity index (χ2n) is 7.54. The van der Waals surface area contributed by atoms with Crippen molar-refractivity contribution in [3.8, 4) is 0 Å². The van der Waals surface area contributed by atoms with Crippen LogP contribution in [0.5, 0.6) is 0 Å². The molecule has 1 atom stereocenters. The molecule has 24 heavy (non-hydrogen) atoms. The monoisotopic (exact) mass is 326 g/mol. The van der Waals surface area contributed by atoms with E-state index in [1.165, 1.54) is 25.0 Å². The van der Waals surface area contributed by atoms with Gasteiger partial charge < -0.3 is 15.6 Å². The van der Waals surface area contributed by atoms with E-state index in [-0.39, 0.29) is 0 Å². The van der Waals surface area contributed by atoms with Crippen LogP contribution < -0.4 is 5.32 Å². The third-order valence-corrected chi connectivity index (χ3v) is 5.36.